The van der Waals surface area contributed by atoms with Crippen LogP contribution in [-0.2, 0) is 20.0 Å². The lowest BCUT2D eigenvalue weighted by atomic mass is 10.2. The van der Waals surface area contributed by atoms with Crippen molar-refractivity contribution in [2.45, 2.75) is 19.9 Å². The molecule has 0 saturated carbocycles. The van der Waals surface area contributed by atoms with E-state index < -0.39 is 5.97 Å². The Labute approximate surface area is 111 Å². The van der Waals surface area contributed by atoms with Gasteiger partial charge in [0.2, 0.25) is 0 Å². The summed E-state index contributed by atoms with van der Waals surface area (Å²) in [5.41, 5.74) is 3.43. The SMILES string of the molecule is CCc1nn(C)cc1CNc1ccc(C(=O)O)cc1. The van der Waals surface area contributed by atoms with Crippen LogP contribution in [0.3, 0.4) is 0 Å². The van der Waals surface area contributed by atoms with E-state index in [9.17, 15) is 4.79 Å². The van der Waals surface area contributed by atoms with E-state index in [4.69, 9.17) is 5.11 Å². The highest BCUT2D eigenvalue weighted by Crippen LogP contribution is 2.13. The zero-order chi connectivity index (χ0) is 13.8. The average molecular weight is 259 g/mol. The van der Waals surface area contributed by atoms with Gasteiger partial charge in [0.25, 0.3) is 0 Å². The number of hydrogen-bond donors (Lipinski definition) is 2. The fourth-order valence-corrected chi connectivity index (χ4v) is 1.96. The molecule has 1 heterocycles. The summed E-state index contributed by atoms with van der Waals surface area (Å²) in [5.74, 6) is -0.910. The largest absolute Gasteiger partial charge is 0.478 e. The highest BCUT2D eigenvalue weighted by molar-refractivity contribution is 5.87. The number of benzene rings is 1. The van der Waals surface area contributed by atoms with E-state index in [1.165, 1.54) is 0 Å². The first-order valence-electron chi connectivity index (χ1n) is 6.18. The first-order chi connectivity index (χ1) is 9.10. The Hall–Kier alpha value is -2.30. The van der Waals surface area contributed by atoms with Crippen LogP contribution in [0.1, 0.15) is 28.5 Å². The molecule has 0 fully saturated rings. The second-order valence-corrected chi connectivity index (χ2v) is 4.36. The number of nitrogens with zero attached hydrogens (tertiary/aromatic N) is 2. The number of nitrogens with one attached hydrogen (secondary N) is 1. The zero-order valence-corrected chi connectivity index (χ0v) is 11.1. The van der Waals surface area contributed by atoms with Gasteiger partial charge in [-0.25, -0.2) is 4.79 Å². The number of aromatic carboxylic acids is 1. The average Bonchev–Trinajstić information content (AvgIpc) is 2.77. The Morgan fingerprint density at radius 1 is 1.37 bits per heavy atom. The number of rotatable bonds is 5. The summed E-state index contributed by atoms with van der Waals surface area (Å²) in [7, 11) is 1.91. The Bertz CT molecular complexity index is 573. The second kappa shape index (κ2) is 5.56. The molecule has 0 spiro atoms. The van der Waals surface area contributed by atoms with Crippen molar-refractivity contribution >= 4 is 11.7 Å². The third-order valence-corrected chi connectivity index (χ3v) is 2.94. The maximum absolute atomic E-state index is 10.7. The van der Waals surface area contributed by atoms with E-state index >= 15 is 0 Å². The van der Waals surface area contributed by atoms with Gasteiger partial charge in [0.1, 0.15) is 0 Å². The van der Waals surface area contributed by atoms with Crippen LogP contribution >= 0.6 is 0 Å². The molecule has 2 N–H and O–H groups in total. The van der Waals surface area contributed by atoms with E-state index in [2.05, 4.69) is 17.3 Å². The lowest BCUT2D eigenvalue weighted by molar-refractivity contribution is 0.0697. The molecular weight excluding hydrogens is 242 g/mol. The van der Waals surface area contributed by atoms with Crippen molar-refractivity contribution in [1.82, 2.24) is 9.78 Å². The van der Waals surface area contributed by atoms with E-state index in [-0.39, 0.29) is 0 Å². The molecule has 1 aromatic heterocycles. The van der Waals surface area contributed by atoms with Crippen molar-refractivity contribution in [3.63, 3.8) is 0 Å². The summed E-state index contributed by atoms with van der Waals surface area (Å²) < 4.78 is 1.81. The van der Waals surface area contributed by atoms with Gasteiger partial charge in [-0.1, -0.05) is 6.92 Å². The van der Waals surface area contributed by atoms with Gasteiger partial charge >= 0.3 is 5.97 Å². The second-order valence-electron chi connectivity index (χ2n) is 4.36. The van der Waals surface area contributed by atoms with Crippen LogP contribution in [0.2, 0.25) is 0 Å². The molecule has 19 heavy (non-hydrogen) atoms. The predicted octanol–water partition coefficient (Wildman–Crippen LogP) is 2.29. The maximum atomic E-state index is 10.7. The Morgan fingerprint density at radius 2 is 2.05 bits per heavy atom. The number of aromatic nitrogens is 2. The molecule has 0 aliphatic rings. The highest BCUT2D eigenvalue weighted by Gasteiger charge is 2.06. The lowest BCUT2D eigenvalue weighted by Gasteiger charge is -2.06. The van der Waals surface area contributed by atoms with Crippen molar-refractivity contribution in [1.29, 1.82) is 0 Å². The van der Waals surface area contributed by atoms with Crippen LogP contribution in [-0.4, -0.2) is 20.9 Å². The van der Waals surface area contributed by atoms with Crippen LogP contribution in [0, 0.1) is 0 Å². The van der Waals surface area contributed by atoms with Gasteiger partial charge in [-0.2, -0.15) is 5.10 Å². The standard InChI is InChI=1S/C14H17N3O2/c1-3-13-11(9-17(2)16-13)8-15-12-6-4-10(5-7-12)14(18)19/h4-7,9,15H,3,8H2,1-2H3,(H,18,19). The summed E-state index contributed by atoms with van der Waals surface area (Å²) in [6.07, 6.45) is 2.90. The van der Waals surface area contributed by atoms with Crippen molar-refractivity contribution in [3.05, 3.63) is 47.3 Å². The fraction of sp³-hybridized carbons (Fsp3) is 0.286. The molecule has 0 unspecified atom stereocenters. The van der Waals surface area contributed by atoms with Crippen molar-refractivity contribution < 1.29 is 9.90 Å². The van der Waals surface area contributed by atoms with Gasteiger partial charge in [-0.05, 0) is 30.7 Å². The third kappa shape index (κ3) is 3.13. The molecule has 0 aliphatic heterocycles. The predicted molar refractivity (Wildman–Crippen MR) is 73.3 cm³/mol. The summed E-state index contributed by atoms with van der Waals surface area (Å²) in [6, 6.07) is 6.72. The topological polar surface area (TPSA) is 67.2 Å². The van der Waals surface area contributed by atoms with E-state index in [1.807, 2.05) is 17.9 Å². The molecule has 0 atom stereocenters. The van der Waals surface area contributed by atoms with Crippen molar-refractivity contribution in [3.8, 4) is 0 Å². The molecule has 0 bridgehead atoms. The van der Waals surface area contributed by atoms with Gasteiger partial charge in [-0.15, -0.1) is 0 Å². The minimum atomic E-state index is -0.910. The van der Waals surface area contributed by atoms with Crippen LogP contribution in [0.5, 0.6) is 0 Å². The molecule has 100 valence electrons. The van der Waals surface area contributed by atoms with Crippen LogP contribution in [0.4, 0.5) is 5.69 Å². The summed E-state index contributed by atoms with van der Waals surface area (Å²) >= 11 is 0. The summed E-state index contributed by atoms with van der Waals surface area (Å²) in [5, 5.41) is 16.5. The molecule has 0 radical (unpaired) electrons. The Morgan fingerprint density at radius 3 is 2.63 bits per heavy atom. The number of hydrogen-bond acceptors (Lipinski definition) is 3. The fourth-order valence-electron chi connectivity index (χ4n) is 1.96. The van der Waals surface area contributed by atoms with E-state index in [0.717, 1.165) is 23.4 Å². The van der Waals surface area contributed by atoms with E-state index in [0.29, 0.717) is 12.1 Å². The number of carboxylic acids is 1. The molecule has 5 heteroatoms. The van der Waals surface area contributed by atoms with Crippen LogP contribution in [0.15, 0.2) is 30.5 Å². The molecule has 0 saturated heterocycles. The molecule has 0 aliphatic carbocycles. The van der Waals surface area contributed by atoms with Gasteiger partial charge in [-0.3, -0.25) is 4.68 Å². The number of anilines is 1. The normalized spacial score (nSPS) is 10.4. The molecule has 1 aromatic carbocycles. The number of carboxylic acid groups (broad SMARTS) is 1. The van der Waals surface area contributed by atoms with Gasteiger partial charge in [0.05, 0.1) is 11.3 Å². The minimum absolute atomic E-state index is 0.293. The minimum Gasteiger partial charge on any atom is -0.478 e. The van der Waals surface area contributed by atoms with Crippen LogP contribution in [0.25, 0.3) is 0 Å². The smallest absolute Gasteiger partial charge is 0.335 e. The monoisotopic (exact) mass is 259 g/mol. The Balaban J connectivity index is 2.03. The molecule has 2 aromatic rings. The zero-order valence-electron chi connectivity index (χ0n) is 11.1. The third-order valence-electron chi connectivity index (χ3n) is 2.94. The lowest BCUT2D eigenvalue weighted by Crippen LogP contribution is -2.02. The number of aryl methyl sites for hydroxylation is 2. The van der Waals surface area contributed by atoms with E-state index in [1.54, 1.807) is 24.3 Å². The summed E-state index contributed by atoms with van der Waals surface area (Å²) in [6.45, 7) is 2.76. The molecule has 5 nitrogen and oxygen atoms in total. The maximum Gasteiger partial charge on any atom is 0.335 e. The first kappa shape index (κ1) is 13.1. The molecule has 2 rings (SSSR count). The molecular formula is C14H17N3O2. The van der Waals surface area contributed by atoms with Gasteiger partial charge in [0, 0.05) is 31.0 Å². The highest BCUT2D eigenvalue weighted by atomic mass is 16.4. The van der Waals surface area contributed by atoms with Crippen molar-refractivity contribution in [2.24, 2.45) is 7.05 Å². The van der Waals surface area contributed by atoms with Crippen molar-refractivity contribution in [2.75, 3.05) is 5.32 Å². The first-order valence-corrected chi connectivity index (χ1v) is 6.18. The quantitative estimate of drug-likeness (QED) is 0.864. The van der Waals surface area contributed by atoms with Crippen LogP contribution < -0.4 is 5.32 Å². The Kier molecular flexibility index (Phi) is 3.85. The van der Waals surface area contributed by atoms with Gasteiger partial charge < -0.3 is 10.4 Å². The number of carbonyl (C=O) groups is 1. The van der Waals surface area contributed by atoms with Gasteiger partial charge in [0.15, 0.2) is 0 Å². The summed E-state index contributed by atoms with van der Waals surface area (Å²) in [4.78, 5) is 10.7. The molecule has 0 amide bonds.